The van der Waals surface area contributed by atoms with Crippen molar-refractivity contribution in [2.24, 2.45) is 0 Å². The zero-order chi connectivity index (χ0) is 26.5. The van der Waals surface area contributed by atoms with E-state index < -0.39 is 15.1 Å². The molecule has 190 valence electrons. The average Bonchev–Trinajstić information content (AvgIpc) is 2.84. The van der Waals surface area contributed by atoms with Gasteiger partial charge in [0.05, 0.1) is 27.7 Å². The summed E-state index contributed by atoms with van der Waals surface area (Å²) >= 11 is 0. The van der Waals surface area contributed by atoms with Gasteiger partial charge in [-0.2, -0.15) is 0 Å². The second kappa shape index (κ2) is 11.5. The molecular formula is C26H32N6O3S. The summed E-state index contributed by atoms with van der Waals surface area (Å²) in [4.78, 5) is 10.9. The van der Waals surface area contributed by atoms with Crippen molar-refractivity contribution in [1.82, 2.24) is 20.2 Å². The minimum absolute atomic E-state index is 0.163. The topological polar surface area (TPSA) is 132 Å². The summed E-state index contributed by atoms with van der Waals surface area (Å²) in [5, 5.41) is 19.1. The van der Waals surface area contributed by atoms with E-state index in [4.69, 9.17) is 15.6 Å². The molecule has 3 rings (SSSR count). The number of aryl methyl sites for hydroxylation is 1. The molecule has 3 N–H and O–H groups in total. The third-order valence-electron chi connectivity index (χ3n) is 5.60. The molecule has 1 heterocycles. The van der Waals surface area contributed by atoms with Gasteiger partial charge in [-0.15, -0.1) is 0 Å². The smallest absolute Gasteiger partial charge is 0.241 e. The van der Waals surface area contributed by atoms with Crippen LogP contribution in [0.4, 0.5) is 0 Å². The molecule has 2 aromatic carbocycles. The Labute approximate surface area is 212 Å². The van der Waals surface area contributed by atoms with Crippen molar-refractivity contribution in [2.45, 2.75) is 30.5 Å². The molecule has 0 amide bonds. The van der Waals surface area contributed by atoms with Crippen molar-refractivity contribution in [3.05, 3.63) is 77.2 Å². The van der Waals surface area contributed by atoms with E-state index in [1.54, 1.807) is 56.4 Å². The van der Waals surface area contributed by atoms with Crippen molar-refractivity contribution >= 4 is 21.6 Å². The van der Waals surface area contributed by atoms with E-state index >= 15 is 0 Å². The van der Waals surface area contributed by atoms with E-state index in [1.165, 1.54) is 0 Å². The number of nitrogens with one attached hydrogen (secondary N) is 3. The number of ether oxygens (including phenoxy) is 1. The minimum Gasteiger partial charge on any atom is -0.419 e. The molecule has 0 radical (unpaired) electrons. The Kier molecular flexibility index (Phi) is 8.67. The molecule has 3 aromatic rings. The highest BCUT2D eigenvalue weighted by Crippen LogP contribution is 2.23. The van der Waals surface area contributed by atoms with Gasteiger partial charge in [-0.3, -0.25) is 15.8 Å². The van der Waals surface area contributed by atoms with Gasteiger partial charge in [-0.1, -0.05) is 24.3 Å². The Bertz CT molecular complexity index is 1340. The normalized spacial score (nSPS) is 12.4. The van der Waals surface area contributed by atoms with Gasteiger partial charge < -0.3 is 15.0 Å². The molecule has 0 aliphatic rings. The first-order chi connectivity index (χ1) is 17.0. The van der Waals surface area contributed by atoms with E-state index in [2.05, 4.69) is 15.3 Å². The molecule has 1 aromatic heterocycles. The maximum absolute atomic E-state index is 12.9. The lowest BCUT2D eigenvalue weighted by Gasteiger charge is -2.17. The number of aromatic nitrogens is 2. The van der Waals surface area contributed by atoms with Gasteiger partial charge in [0.1, 0.15) is 5.69 Å². The van der Waals surface area contributed by atoms with Crippen LogP contribution in [0.2, 0.25) is 0 Å². The van der Waals surface area contributed by atoms with Crippen LogP contribution in [0, 0.1) is 17.7 Å². The predicted octanol–water partition coefficient (Wildman–Crippen LogP) is 3.26. The summed E-state index contributed by atoms with van der Waals surface area (Å²) in [7, 11) is 2.08. The van der Waals surface area contributed by atoms with Crippen LogP contribution in [0.3, 0.4) is 0 Å². The van der Waals surface area contributed by atoms with Gasteiger partial charge in [0, 0.05) is 24.2 Å². The average molecular weight is 509 g/mol. The Morgan fingerprint density at radius 2 is 1.69 bits per heavy atom. The molecule has 9 nitrogen and oxygen atoms in total. The summed E-state index contributed by atoms with van der Waals surface area (Å²) in [5.74, 6) is -0.452. The molecule has 0 fully saturated rings. The fourth-order valence-electron chi connectivity index (χ4n) is 3.65. The van der Waals surface area contributed by atoms with Gasteiger partial charge in [-0.25, -0.2) is 13.4 Å². The lowest BCUT2D eigenvalue weighted by Crippen LogP contribution is -2.30. The van der Waals surface area contributed by atoms with Gasteiger partial charge >= 0.3 is 0 Å². The second-order valence-electron chi connectivity index (χ2n) is 8.82. The molecule has 0 aliphatic heterocycles. The fourth-order valence-corrected chi connectivity index (χ4v) is 5.13. The van der Waals surface area contributed by atoms with Crippen LogP contribution in [0.25, 0.3) is 11.3 Å². The Balaban J connectivity index is 1.79. The third kappa shape index (κ3) is 6.39. The molecule has 0 aliphatic carbocycles. The van der Waals surface area contributed by atoms with Gasteiger partial charge in [-0.05, 0) is 64.8 Å². The monoisotopic (exact) mass is 508 g/mol. The van der Waals surface area contributed by atoms with Gasteiger partial charge in [0.2, 0.25) is 11.8 Å². The molecule has 36 heavy (non-hydrogen) atoms. The summed E-state index contributed by atoms with van der Waals surface area (Å²) in [5.41, 5.74) is 3.44. The summed E-state index contributed by atoms with van der Waals surface area (Å²) < 4.78 is 31.2. The number of benzene rings is 2. The van der Waals surface area contributed by atoms with Crippen LogP contribution in [0.1, 0.15) is 29.4 Å². The van der Waals surface area contributed by atoms with Crippen LogP contribution in [-0.4, -0.2) is 68.0 Å². The van der Waals surface area contributed by atoms with Crippen molar-refractivity contribution in [3.8, 4) is 11.3 Å². The number of hydrogen-bond acceptors (Lipinski definition) is 9. The standard InChI is InChI=1S/C26H32N6O3S/c1-17(16-32(4)5)36(33,34)22-12-10-20(11-13-22)23-15-30-18(2)24(31-23)26(28)35-25(27)21-8-6-19(7-9-21)14-29-3/h6-13,15,17,27-29H,14,16H2,1-5H3. The summed E-state index contributed by atoms with van der Waals surface area (Å²) in [6.07, 6.45) is 1.57. The minimum atomic E-state index is -3.47. The summed E-state index contributed by atoms with van der Waals surface area (Å²) in [6.45, 7) is 4.55. The predicted molar refractivity (Wildman–Crippen MR) is 141 cm³/mol. The number of sulfone groups is 1. The molecule has 1 atom stereocenters. The van der Waals surface area contributed by atoms with Crippen LogP contribution < -0.4 is 5.32 Å². The first kappa shape index (κ1) is 27.1. The van der Waals surface area contributed by atoms with Crippen LogP contribution >= 0.6 is 0 Å². The Hall–Kier alpha value is -3.47. The number of nitrogens with zero attached hydrogens (tertiary/aromatic N) is 3. The second-order valence-corrected chi connectivity index (χ2v) is 11.2. The largest absolute Gasteiger partial charge is 0.419 e. The number of hydrogen-bond donors (Lipinski definition) is 3. The highest BCUT2D eigenvalue weighted by atomic mass is 32.2. The highest BCUT2D eigenvalue weighted by molar-refractivity contribution is 7.92. The zero-order valence-corrected chi connectivity index (χ0v) is 22.0. The maximum atomic E-state index is 12.9. The lowest BCUT2D eigenvalue weighted by atomic mass is 10.1. The van der Waals surface area contributed by atoms with Crippen LogP contribution in [0.15, 0.2) is 59.6 Å². The Morgan fingerprint density at radius 3 is 2.28 bits per heavy atom. The molecule has 0 bridgehead atoms. The van der Waals surface area contributed by atoms with Crippen molar-refractivity contribution in [1.29, 1.82) is 10.8 Å². The van der Waals surface area contributed by atoms with Crippen LogP contribution in [0.5, 0.6) is 0 Å². The first-order valence-electron chi connectivity index (χ1n) is 11.4. The zero-order valence-electron chi connectivity index (χ0n) is 21.2. The maximum Gasteiger partial charge on any atom is 0.241 e. The van der Waals surface area contributed by atoms with E-state index in [0.717, 1.165) is 5.56 Å². The third-order valence-corrected chi connectivity index (χ3v) is 7.74. The van der Waals surface area contributed by atoms with E-state index in [1.807, 2.05) is 38.2 Å². The van der Waals surface area contributed by atoms with Crippen LogP contribution in [-0.2, 0) is 21.1 Å². The molecule has 0 saturated heterocycles. The van der Waals surface area contributed by atoms with Crippen molar-refractivity contribution in [2.75, 3.05) is 27.7 Å². The molecule has 10 heteroatoms. The van der Waals surface area contributed by atoms with Crippen molar-refractivity contribution < 1.29 is 13.2 Å². The molecule has 1 unspecified atom stereocenters. The number of rotatable bonds is 9. The molecule has 0 saturated carbocycles. The fraction of sp³-hybridized carbons (Fsp3) is 0.308. The van der Waals surface area contributed by atoms with E-state index in [0.29, 0.717) is 35.6 Å². The van der Waals surface area contributed by atoms with E-state index in [-0.39, 0.29) is 22.4 Å². The SMILES string of the molecule is CNCc1ccc(C(=N)OC(=N)c2nc(-c3ccc(S(=O)(=O)C(C)CN(C)C)cc3)cnc2C)cc1. The Morgan fingerprint density at radius 1 is 1.06 bits per heavy atom. The van der Waals surface area contributed by atoms with Gasteiger partial charge in [0.25, 0.3) is 0 Å². The first-order valence-corrected chi connectivity index (χ1v) is 13.0. The molecule has 0 spiro atoms. The highest BCUT2D eigenvalue weighted by Gasteiger charge is 2.24. The lowest BCUT2D eigenvalue weighted by molar-refractivity contribution is 0.405. The van der Waals surface area contributed by atoms with E-state index in [9.17, 15) is 8.42 Å². The van der Waals surface area contributed by atoms with Gasteiger partial charge in [0.15, 0.2) is 9.84 Å². The van der Waals surface area contributed by atoms with Crippen molar-refractivity contribution in [3.63, 3.8) is 0 Å². The summed E-state index contributed by atoms with van der Waals surface area (Å²) in [6, 6.07) is 13.8. The molecular weight excluding hydrogens is 476 g/mol. The quantitative estimate of drug-likeness (QED) is 0.298.